The molecule has 0 saturated carbocycles. The number of hydrogen-bond acceptors (Lipinski definition) is 13. The SMILES string of the molecule is COC(=O)[C@@H](NP(=O)(OC[C@H]1OC(n2c(I)nc3c(OC)nc(N)nc32)[C@](C)(O)[C@@H]1O)Oc1cccc2ccccc12)C(C)C. The van der Waals surface area contributed by atoms with Gasteiger partial charge in [0, 0.05) is 28.0 Å². The number of carbonyl (C=O) groups excluding carboxylic acids is 1. The largest absolute Gasteiger partial charge is 0.479 e. The number of nitrogens with two attached hydrogens (primary N) is 1. The van der Waals surface area contributed by atoms with Crippen molar-refractivity contribution in [1.82, 2.24) is 24.6 Å². The molecule has 1 aliphatic heterocycles. The molecule has 2 aromatic carbocycles. The third kappa shape index (κ3) is 6.45. The summed E-state index contributed by atoms with van der Waals surface area (Å²) in [7, 11) is -1.76. The zero-order chi connectivity index (χ0) is 32.7. The minimum Gasteiger partial charge on any atom is -0.479 e. The zero-order valence-corrected chi connectivity index (χ0v) is 28.1. The molecule has 242 valence electrons. The highest BCUT2D eigenvalue weighted by Gasteiger charge is 2.55. The first-order valence-corrected chi connectivity index (χ1v) is 16.5. The van der Waals surface area contributed by atoms with Crippen molar-refractivity contribution in [3.05, 3.63) is 46.3 Å². The number of anilines is 1. The van der Waals surface area contributed by atoms with Crippen molar-refractivity contribution in [1.29, 1.82) is 0 Å². The third-order valence-electron chi connectivity index (χ3n) is 7.46. The zero-order valence-electron chi connectivity index (χ0n) is 25.1. The predicted molar refractivity (Wildman–Crippen MR) is 171 cm³/mol. The number of fused-ring (bicyclic) bond motifs is 2. The van der Waals surface area contributed by atoms with E-state index in [0.29, 0.717) is 9.22 Å². The average molecular weight is 756 g/mol. The molecule has 0 radical (unpaired) electrons. The number of aromatic nitrogens is 4. The van der Waals surface area contributed by atoms with Crippen LogP contribution in [0.15, 0.2) is 42.5 Å². The van der Waals surface area contributed by atoms with E-state index in [4.69, 9.17) is 29.0 Å². The van der Waals surface area contributed by atoms with Gasteiger partial charge in [-0.2, -0.15) is 15.1 Å². The molecule has 1 saturated heterocycles. The summed E-state index contributed by atoms with van der Waals surface area (Å²) in [6, 6.07) is 11.5. The lowest BCUT2D eigenvalue weighted by atomic mass is 9.96. The summed E-state index contributed by atoms with van der Waals surface area (Å²) in [5.74, 6) is -0.784. The van der Waals surface area contributed by atoms with Crippen LogP contribution in [-0.2, 0) is 23.4 Å². The molecular formula is C28H34IN6O9P. The third-order valence-corrected chi connectivity index (χ3v) is 9.74. The van der Waals surface area contributed by atoms with E-state index in [-0.39, 0.29) is 34.7 Å². The van der Waals surface area contributed by atoms with E-state index in [9.17, 15) is 19.6 Å². The lowest BCUT2D eigenvalue weighted by molar-refractivity contribution is -0.143. The summed E-state index contributed by atoms with van der Waals surface area (Å²) in [6.45, 7) is 4.34. The van der Waals surface area contributed by atoms with Crippen LogP contribution in [0.1, 0.15) is 27.0 Å². The number of aliphatic hydroxyl groups is 2. The Hall–Kier alpha value is -3.12. The van der Waals surface area contributed by atoms with Crippen molar-refractivity contribution in [3.63, 3.8) is 0 Å². The Labute approximate surface area is 272 Å². The second-order valence-corrected chi connectivity index (χ2v) is 13.6. The second kappa shape index (κ2) is 12.9. The van der Waals surface area contributed by atoms with E-state index in [1.165, 1.54) is 25.7 Å². The van der Waals surface area contributed by atoms with Crippen LogP contribution in [0.4, 0.5) is 5.95 Å². The molecule has 6 atom stereocenters. The van der Waals surface area contributed by atoms with Gasteiger partial charge in [-0.3, -0.25) is 13.9 Å². The molecule has 0 amide bonds. The fourth-order valence-electron chi connectivity index (χ4n) is 5.08. The van der Waals surface area contributed by atoms with Gasteiger partial charge in [-0.15, -0.1) is 0 Å². The van der Waals surface area contributed by atoms with Crippen LogP contribution in [0.2, 0.25) is 0 Å². The number of nitrogens with zero attached hydrogens (tertiary/aromatic N) is 4. The smallest absolute Gasteiger partial charge is 0.459 e. The highest BCUT2D eigenvalue weighted by Crippen LogP contribution is 2.49. The van der Waals surface area contributed by atoms with E-state index in [0.717, 1.165) is 5.39 Å². The second-order valence-electron chi connectivity index (χ2n) is 10.9. The molecule has 0 bridgehead atoms. The van der Waals surface area contributed by atoms with Crippen LogP contribution < -0.4 is 20.1 Å². The molecule has 4 aromatic rings. The first-order chi connectivity index (χ1) is 21.3. The number of nitrogens with one attached hydrogen (secondary N) is 1. The maximum Gasteiger partial charge on any atom is 0.459 e. The lowest BCUT2D eigenvalue weighted by Crippen LogP contribution is -2.45. The van der Waals surface area contributed by atoms with Gasteiger partial charge in [0.25, 0.3) is 0 Å². The van der Waals surface area contributed by atoms with E-state index in [1.807, 2.05) is 40.8 Å². The van der Waals surface area contributed by atoms with Crippen molar-refractivity contribution in [2.45, 2.75) is 50.8 Å². The molecule has 2 aromatic heterocycles. The van der Waals surface area contributed by atoms with Gasteiger partial charge in [-0.1, -0.05) is 50.2 Å². The van der Waals surface area contributed by atoms with Gasteiger partial charge >= 0.3 is 13.7 Å². The van der Waals surface area contributed by atoms with Crippen LogP contribution in [0.25, 0.3) is 21.9 Å². The number of rotatable bonds is 11. The lowest BCUT2D eigenvalue weighted by Gasteiger charge is -2.28. The predicted octanol–water partition coefficient (Wildman–Crippen LogP) is 3.18. The Morgan fingerprint density at radius 1 is 1.20 bits per heavy atom. The Morgan fingerprint density at radius 3 is 2.60 bits per heavy atom. The summed E-state index contributed by atoms with van der Waals surface area (Å²) in [5.41, 5.74) is 4.44. The summed E-state index contributed by atoms with van der Waals surface area (Å²) in [6.07, 6.45) is -3.99. The summed E-state index contributed by atoms with van der Waals surface area (Å²) < 4.78 is 44.4. The molecule has 45 heavy (non-hydrogen) atoms. The molecule has 1 aliphatic rings. The molecule has 0 aliphatic carbocycles. The highest BCUT2D eigenvalue weighted by molar-refractivity contribution is 14.1. The van der Waals surface area contributed by atoms with Crippen molar-refractivity contribution in [3.8, 4) is 11.6 Å². The summed E-state index contributed by atoms with van der Waals surface area (Å²) in [4.78, 5) is 25.4. The first kappa shape index (κ1) is 33.2. The van der Waals surface area contributed by atoms with Gasteiger partial charge in [0.1, 0.15) is 29.6 Å². The minimum absolute atomic E-state index is 0.0992. The van der Waals surface area contributed by atoms with E-state index < -0.39 is 50.4 Å². The Bertz CT molecular complexity index is 1760. The quantitative estimate of drug-likeness (QED) is 0.0752. The molecule has 1 fully saturated rings. The standard InChI is InChI=1S/C28H34IN6O9P/c1-14(2)19(24(37)41-5)34-45(39,44-17-12-8-10-15-9-6-7-11-16(15)17)42-13-18-21(36)28(3,38)25(43-18)35-22-20(31-26(35)29)23(40-4)33-27(30)32-22/h6-12,14,18-19,21,25,36,38H,13H2,1-5H3,(H,34,39)(H2,30,32,33)/t18-,19+,21-,25?,28-,45?/m1/s1. The number of esters is 1. The van der Waals surface area contributed by atoms with Crippen LogP contribution in [0, 0.1) is 9.75 Å². The Balaban J connectivity index is 1.47. The number of ether oxygens (including phenoxy) is 3. The van der Waals surface area contributed by atoms with E-state index >= 15 is 0 Å². The molecule has 17 heteroatoms. The number of aliphatic hydroxyl groups excluding tert-OH is 1. The van der Waals surface area contributed by atoms with Crippen LogP contribution in [0.5, 0.6) is 11.6 Å². The summed E-state index contributed by atoms with van der Waals surface area (Å²) >= 11 is 1.93. The Morgan fingerprint density at radius 2 is 1.91 bits per heavy atom. The normalized spacial score (nSPS) is 23.7. The van der Waals surface area contributed by atoms with Gasteiger partial charge in [0.2, 0.25) is 11.8 Å². The maximum absolute atomic E-state index is 14.4. The number of carbonyl (C=O) groups is 1. The fourth-order valence-corrected chi connectivity index (χ4v) is 7.49. The highest BCUT2D eigenvalue weighted by atomic mass is 127. The van der Waals surface area contributed by atoms with Gasteiger partial charge in [-0.05, 0) is 24.3 Å². The Kier molecular flexibility index (Phi) is 9.56. The topological polar surface area (TPSA) is 202 Å². The number of imidazole rings is 1. The van der Waals surface area contributed by atoms with Crippen molar-refractivity contribution >= 4 is 64.2 Å². The van der Waals surface area contributed by atoms with Gasteiger partial charge in [0.15, 0.2) is 21.2 Å². The van der Waals surface area contributed by atoms with Crippen LogP contribution in [0.3, 0.4) is 0 Å². The monoisotopic (exact) mass is 756 g/mol. The number of halogens is 1. The summed E-state index contributed by atoms with van der Waals surface area (Å²) in [5, 5.41) is 26.9. The van der Waals surface area contributed by atoms with Gasteiger partial charge < -0.3 is 34.7 Å². The van der Waals surface area contributed by atoms with E-state index in [2.05, 4.69) is 20.0 Å². The van der Waals surface area contributed by atoms with Crippen molar-refractivity contribution < 1.29 is 42.8 Å². The minimum atomic E-state index is -4.39. The fraction of sp³-hybridized carbons (Fsp3) is 0.429. The first-order valence-electron chi connectivity index (χ1n) is 13.9. The number of benzene rings is 2. The molecule has 2 unspecified atom stereocenters. The van der Waals surface area contributed by atoms with Crippen LogP contribution in [-0.4, -0.2) is 80.4 Å². The van der Waals surface area contributed by atoms with Crippen molar-refractivity contribution in [2.75, 3.05) is 26.6 Å². The molecular weight excluding hydrogens is 722 g/mol. The molecule has 5 rings (SSSR count). The van der Waals surface area contributed by atoms with Gasteiger partial charge in [-0.25, -0.2) is 9.55 Å². The van der Waals surface area contributed by atoms with E-state index in [1.54, 1.807) is 38.1 Å². The molecule has 5 N–H and O–H groups in total. The number of hydrogen-bond donors (Lipinski definition) is 4. The van der Waals surface area contributed by atoms with Crippen molar-refractivity contribution in [2.24, 2.45) is 5.92 Å². The molecule has 0 spiro atoms. The molecule has 15 nitrogen and oxygen atoms in total. The van der Waals surface area contributed by atoms with Gasteiger partial charge in [0.05, 0.1) is 20.8 Å². The molecule has 3 heterocycles. The number of methoxy groups -OCH3 is 2. The maximum atomic E-state index is 14.4. The average Bonchev–Trinajstić information content (AvgIpc) is 3.44. The number of nitrogen functional groups attached to an aromatic ring is 1. The van der Waals surface area contributed by atoms with Crippen LogP contribution >= 0.6 is 30.3 Å².